The number of amides is 1. The van der Waals surface area contributed by atoms with Crippen molar-refractivity contribution < 1.29 is 9.90 Å². The molecule has 5 rings (SSSR count). The number of aliphatic hydroxyl groups excluding tert-OH is 1. The lowest BCUT2D eigenvalue weighted by molar-refractivity contribution is 0.0759. The molecule has 2 aromatic heterocycles. The summed E-state index contributed by atoms with van der Waals surface area (Å²) in [5, 5.41) is 18.8. The van der Waals surface area contributed by atoms with E-state index >= 15 is 0 Å². The van der Waals surface area contributed by atoms with Gasteiger partial charge in [-0.3, -0.25) is 14.9 Å². The van der Waals surface area contributed by atoms with Gasteiger partial charge in [0.15, 0.2) is 0 Å². The van der Waals surface area contributed by atoms with Crippen molar-refractivity contribution in [2.24, 2.45) is 5.92 Å². The molecule has 3 heterocycles. The number of likely N-dealkylation sites (tertiary alicyclic amines) is 1. The van der Waals surface area contributed by atoms with Crippen molar-refractivity contribution in [3.8, 4) is 11.3 Å². The Morgan fingerprint density at radius 2 is 1.83 bits per heavy atom. The van der Waals surface area contributed by atoms with E-state index in [-0.39, 0.29) is 11.8 Å². The number of aromatic amines is 1. The molecule has 1 saturated heterocycles. The molecule has 150 valence electrons. The van der Waals surface area contributed by atoms with E-state index in [1.807, 2.05) is 60.7 Å². The van der Waals surface area contributed by atoms with E-state index in [0.29, 0.717) is 25.2 Å². The van der Waals surface area contributed by atoms with E-state index in [0.717, 1.165) is 27.9 Å². The van der Waals surface area contributed by atoms with E-state index < -0.39 is 6.10 Å². The van der Waals surface area contributed by atoms with E-state index in [1.165, 1.54) is 0 Å². The Morgan fingerprint density at radius 3 is 2.70 bits per heavy atom. The van der Waals surface area contributed by atoms with Gasteiger partial charge in [0, 0.05) is 35.7 Å². The molecule has 0 saturated carbocycles. The van der Waals surface area contributed by atoms with Crippen LogP contribution in [0.15, 0.2) is 72.8 Å². The quantitative estimate of drug-likeness (QED) is 0.553. The zero-order valence-corrected chi connectivity index (χ0v) is 16.4. The van der Waals surface area contributed by atoms with Crippen LogP contribution in [-0.4, -0.2) is 50.3 Å². The smallest absolute Gasteiger partial charge is 0.271 e. The second kappa shape index (κ2) is 7.72. The maximum Gasteiger partial charge on any atom is 0.271 e. The Labute approximate surface area is 174 Å². The van der Waals surface area contributed by atoms with Gasteiger partial charge < -0.3 is 10.0 Å². The summed E-state index contributed by atoms with van der Waals surface area (Å²) in [5.41, 5.74) is 4.00. The fraction of sp³-hybridized carbons (Fsp3) is 0.208. The third-order valence-electron chi connectivity index (χ3n) is 5.70. The first-order chi connectivity index (χ1) is 14.7. The molecular weight excluding hydrogens is 376 g/mol. The molecule has 2 atom stereocenters. The van der Waals surface area contributed by atoms with Crippen LogP contribution in [0.4, 0.5) is 0 Å². The number of aromatic nitrogens is 3. The molecule has 6 heteroatoms. The van der Waals surface area contributed by atoms with Gasteiger partial charge in [-0.25, -0.2) is 0 Å². The molecule has 30 heavy (non-hydrogen) atoms. The van der Waals surface area contributed by atoms with Crippen LogP contribution in [-0.2, 0) is 6.42 Å². The Morgan fingerprint density at radius 1 is 1.03 bits per heavy atom. The molecule has 0 spiro atoms. The molecule has 0 radical (unpaired) electrons. The first kappa shape index (κ1) is 18.5. The summed E-state index contributed by atoms with van der Waals surface area (Å²) in [6.45, 7) is 0.810. The monoisotopic (exact) mass is 398 g/mol. The molecule has 1 aliphatic rings. The third-order valence-corrected chi connectivity index (χ3v) is 5.70. The van der Waals surface area contributed by atoms with E-state index in [2.05, 4.69) is 16.3 Å². The number of nitrogens with zero attached hydrogens (tertiary/aromatic N) is 3. The Bertz CT molecular complexity index is 1190. The van der Waals surface area contributed by atoms with Crippen LogP contribution in [0.2, 0.25) is 0 Å². The lowest BCUT2D eigenvalue weighted by atomic mass is 9.99. The van der Waals surface area contributed by atoms with Gasteiger partial charge in [-0.2, -0.15) is 5.10 Å². The van der Waals surface area contributed by atoms with Gasteiger partial charge in [0.05, 0.1) is 17.3 Å². The second-order valence-corrected chi connectivity index (χ2v) is 7.77. The zero-order valence-electron chi connectivity index (χ0n) is 16.4. The first-order valence-electron chi connectivity index (χ1n) is 10.1. The Kier molecular flexibility index (Phi) is 4.77. The summed E-state index contributed by atoms with van der Waals surface area (Å²) in [6, 6.07) is 23.5. The van der Waals surface area contributed by atoms with Gasteiger partial charge in [-0.05, 0) is 24.6 Å². The highest BCUT2D eigenvalue weighted by molar-refractivity contribution is 5.93. The maximum atomic E-state index is 12.9. The number of fused-ring (bicyclic) bond motifs is 1. The Hall–Kier alpha value is -3.51. The van der Waals surface area contributed by atoms with Gasteiger partial charge in [-0.1, -0.05) is 54.6 Å². The summed E-state index contributed by atoms with van der Waals surface area (Å²) in [7, 11) is 0. The van der Waals surface area contributed by atoms with Crippen molar-refractivity contribution in [2.75, 3.05) is 13.1 Å². The molecule has 1 aliphatic heterocycles. The van der Waals surface area contributed by atoms with Crippen molar-refractivity contribution in [1.82, 2.24) is 20.1 Å². The molecule has 2 aromatic carbocycles. The van der Waals surface area contributed by atoms with E-state index in [1.54, 1.807) is 11.0 Å². The number of carbonyl (C=O) groups is 1. The minimum atomic E-state index is -0.571. The van der Waals surface area contributed by atoms with Crippen LogP contribution in [0.5, 0.6) is 0 Å². The summed E-state index contributed by atoms with van der Waals surface area (Å²) in [6.07, 6.45) is 0.0623. The largest absolute Gasteiger partial charge is 0.391 e. The Balaban J connectivity index is 1.29. The molecule has 4 aromatic rings. The SMILES string of the molecule is O=C(c1cc(-c2ccccc2)n[nH]1)N1C[C@@H](Cc2ccc3ccccc3n2)[C@H](O)C1. The van der Waals surface area contributed by atoms with Gasteiger partial charge in [-0.15, -0.1) is 0 Å². The van der Waals surface area contributed by atoms with E-state index in [4.69, 9.17) is 4.98 Å². The third kappa shape index (κ3) is 3.57. The normalized spacial score (nSPS) is 18.8. The number of carbonyl (C=O) groups excluding carboxylic acids is 1. The van der Waals surface area contributed by atoms with Gasteiger partial charge in [0.25, 0.3) is 5.91 Å². The van der Waals surface area contributed by atoms with Crippen LogP contribution >= 0.6 is 0 Å². The van der Waals surface area contributed by atoms with E-state index in [9.17, 15) is 9.90 Å². The van der Waals surface area contributed by atoms with Crippen LogP contribution in [0.1, 0.15) is 16.2 Å². The zero-order chi connectivity index (χ0) is 20.5. The van der Waals surface area contributed by atoms with Gasteiger partial charge in [0.1, 0.15) is 5.69 Å². The van der Waals surface area contributed by atoms with Crippen LogP contribution < -0.4 is 0 Å². The van der Waals surface area contributed by atoms with Crippen molar-refractivity contribution in [1.29, 1.82) is 0 Å². The molecule has 1 amide bonds. The fourth-order valence-electron chi connectivity index (χ4n) is 4.07. The highest BCUT2D eigenvalue weighted by Gasteiger charge is 2.35. The van der Waals surface area contributed by atoms with Gasteiger partial charge >= 0.3 is 0 Å². The number of para-hydroxylation sites is 1. The topological polar surface area (TPSA) is 82.1 Å². The summed E-state index contributed by atoms with van der Waals surface area (Å²) >= 11 is 0. The molecule has 0 unspecified atom stereocenters. The summed E-state index contributed by atoms with van der Waals surface area (Å²) < 4.78 is 0. The van der Waals surface area contributed by atoms with Crippen molar-refractivity contribution in [3.05, 3.63) is 84.2 Å². The van der Waals surface area contributed by atoms with Crippen molar-refractivity contribution >= 4 is 16.8 Å². The van der Waals surface area contributed by atoms with Crippen LogP contribution in [0.25, 0.3) is 22.2 Å². The molecule has 0 bridgehead atoms. The number of aliphatic hydroxyl groups is 1. The minimum absolute atomic E-state index is 0.0425. The van der Waals surface area contributed by atoms with Crippen LogP contribution in [0, 0.1) is 5.92 Å². The number of β-amino-alcohol motifs (C(OH)–C–C–N with tert-alkyl or cyclic N) is 1. The molecule has 0 aliphatic carbocycles. The maximum absolute atomic E-state index is 12.9. The van der Waals surface area contributed by atoms with Gasteiger partial charge in [0.2, 0.25) is 0 Å². The van der Waals surface area contributed by atoms with Crippen molar-refractivity contribution in [3.63, 3.8) is 0 Å². The lowest BCUT2D eigenvalue weighted by Crippen LogP contribution is -2.29. The lowest BCUT2D eigenvalue weighted by Gasteiger charge is -2.15. The average Bonchev–Trinajstić information content (AvgIpc) is 3.41. The predicted octanol–water partition coefficient (Wildman–Crippen LogP) is 3.30. The number of nitrogens with one attached hydrogen (secondary N) is 1. The standard InChI is InChI=1S/C24H22N4O2/c29-23-15-28(24(30)22-13-21(26-27-22)16-6-2-1-3-7-16)14-18(23)12-19-11-10-17-8-4-5-9-20(17)25-19/h1-11,13,18,23,29H,12,14-15H2,(H,26,27)/t18-,23-/m1/s1. The first-order valence-corrected chi connectivity index (χ1v) is 10.1. The number of hydrogen-bond donors (Lipinski definition) is 2. The fourth-order valence-corrected chi connectivity index (χ4v) is 4.07. The number of rotatable bonds is 4. The second-order valence-electron chi connectivity index (χ2n) is 7.77. The number of benzene rings is 2. The van der Waals surface area contributed by atoms with Crippen LogP contribution in [0.3, 0.4) is 0 Å². The number of H-pyrrole nitrogens is 1. The minimum Gasteiger partial charge on any atom is -0.391 e. The summed E-state index contributed by atoms with van der Waals surface area (Å²) in [5.74, 6) is -0.183. The van der Waals surface area contributed by atoms with Crippen molar-refractivity contribution in [2.45, 2.75) is 12.5 Å². The molecule has 6 nitrogen and oxygen atoms in total. The molecule has 1 fully saturated rings. The number of pyridine rings is 1. The predicted molar refractivity (Wildman–Crippen MR) is 115 cm³/mol. The molecule has 2 N–H and O–H groups in total. The number of hydrogen-bond acceptors (Lipinski definition) is 4. The average molecular weight is 398 g/mol. The highest BCUT2D eigenvalue weighted by Crippen LogP contribution is 2.24. The summed E-state index contributed by atoms with van der Waals surface area (Å²) in [4.78, 5) is 19.3. The highest BCUT2D eigenvalue weighted by atomic mass is 16.3. The molecular formula is C24H22N4O2.